The highest BCUT2D eigenvalue weighted by Gasteiger charge is 2.46. The van der Waals surface area contributed by atoms with Crippen molar-refractivity contribution in [3.63, 3.8) is 0 Å². The fourth-order valence-corrected chi connectivity index (χ4v) is 5.25. The minimum Gasteiger partial charge on any atom is -0.334 e. The first-order valence-electron chi connectivity index (χ1n) is 9.51. The van der Waals surface area contributed by atoms with Gasteiger partial charge in [-0.1, -0.05) is 44.2 Å². The second-order valence-corrected chi connectivity index (χ2v) is 9.03. The Labute approximate surface area is 160 Å². The molecular weight excluding hydrogens is 346 g/mol. The first kappa shape index (κ1) is 19.1. The van der Waals surface area contributed by atoms with Gasteiger partial charge in [0.25, 0.3) is 0 Å². The van der Waals surface area contributed by atoms with E-state index in [1.54, 1.807) is 0 Å². The van der Waals surface area contributed by atoms with Crippen molar-refractivity contribution in [3.05, 3.63) is 35.9 Å². The van der Waals surface area contributed by atoms with Gasteiger partial charge in [-0.25, -0.2) is 4.79 Å². The molecule has 6 heteroatoms. The van der Waals surface area contributed by atoms with Crippen molar-refractivity contribution < 1.29 is 9.59 Å². The highest BCUT2D eigenvalue weighted by molar-refractivity contribution is 8.00. The van der Waals surface area contributed by atoms with Crippen LogP contribution in [0.5, 0.6) is 0 Å². The Balaban J connectivity index is 1.53. The van der Waals surface area contributed by atoms with Crippen LogP contribution in [-0.4, -0.2) is 52.0 Å². The Hall–Kier alpha value is -1.69. The lowest BCUT2D eigenvalue weighted by atomic mass is 10.0. The van der Waals surface area contributed by atoms with E-state index in [1.165, 1.54) is 0 Å². The van der Waals surface area contributed by atoms with Crippen LogP contribution in [0.15, 0.2) is 30.3 Å². The van der Waals surface area contributed by atoms with E-state index in [0.717, 1.165) is 30.7 Å². The molecule has 2 saturated heterocycles. The molecule has 2 fully saturated rings. The van der Waals surface area contributed by atoms with Gasteiger partial charge >= 0.3 is 6.03 Å². The van der Waals surface area contributed by atoms with Crippen molar-refractivity contribution in [1.29, 1.82) is 0 Å². The lowest BCUT2D eigenvalue weighted by Gasteiger charge is -2.44. The Kier molecular flexibility index (Phi) is 6.12. The molecule has 1 N–H and O–H groups in total. The van der Waals surface area contributed by atoms with E-state index in [9.17, 15) is 9.59 Å². The predicted molar refractivity (Wildman–Crippen MR) is 106 cm³/mol. The van der Waals surface area contributed by atoms with Gasteiger partial charge in [0, 0.05) is 38.4 Å². The zero-order valence-electron chi connectivity index (χ0n) is 15.7. The number of piperidine rings is 1. The number of carbonyl (C=O) groups is 2. The normalized spacial score (nSPS) is 19.2. The highest BCUT2D eigenvalue weighted by atomic mass is 32.2. The van der Waals surface area contributed by atoms with Gasteiger partial charge in [-0.05, 0) is 24.3 Å². The standard InChI is InChI=1S/C20H29N3O2S/c1-16(2)14-18(24)23-12-13-26-20(23)8-10-22(11-9-20)19(25)21-15-17-6-4-3-5-7-17/h3-7,16H,8-15H2,1-2H3,(H,21,25). The number of amides is 3. The van der Waals surface area contributed by atoms with Crippen LogP contribution in [0.25, 0.3) is 0 Å². The number of thioether (sulfide) groups is 1. The number of benzene rings is 1. The van der Waals surface area contributed by atoms with Gasteiger partial charge in [0.1, 0.15) is 0 Å². The SMILES string of the molecule is CC(C)CC(=O)N1CCSC12CCN(C(=O)NCc1ccccc1)CC2. The van der Waals surface area contributed by atoms with Gasteiger partial charge in [-0.2, -0.15) is 0 Å². The molecule has 26 heavy (non-hydrogen) atoms. The fourth-order valence-electron chi connectivity index (χ4n) is 3.78. The Morgan fingerprint density at radius 1 is 1.15 bits per heavy atom. The summed E-state index contributed by atoms with van der Waals surface area (Å²) in [6, 6.07) is 9.95. The van der Waals surface area contributed by atoms with E-state index in [2.05, 4.69) is 24.1 Å². The molecule has 1 spiro atoms. The Morgan fingerprint density at radius 2 is 1.85 bits per heavy atom. The van der Waals surface area contributed by atoms with Gasteiger partial charge in [0.15, 0.2) is 0 Å². The van der Waals surface area contributed by atoms with Crippen LogP contribution in [0.1, 0.15) is 38.7 Å². The summed E-state index contributed by atoms with van der Waals surface area (Å²) in [6.07, 6.45) is 2.34. The van der Waals surface area contributed by atoms with Gasteiger partial charge in [-0.3, -0.25) is 4.79 Å². The maximum absolute atomic E-state index is 12.6. The molecule has 3 rings (SSSR count). The van der Waals surface area contributed by atoms with Gasteiger partial charge in [0.05, 0.1) is 4.87 Å². The van der Waals surface area contributed by atoms with Crippen LogP contribution in [0.2, 0.25) is 0 Å². The third kappa shape index (κ3) is 4.34. The number of rotatable bonds is 4. The summed E-state index contributed by atoms with van der Waals surface area (Å²) in [6.45, 7) is 6.99. The molecule has 0 aliphatic carbocycles. The molecule has 142 valence electrons. The summed E-state index contributed by atoms with van der Waals surface area (Å²) in [5.41, 5.74) is 1.10. The predicted octanol–water partition coefficient (Wildman–Crippen LogP) is 3.31. The van der Waals surface area contributed by atoms with Crippen LogP contribution < -0.4 is 5.32 Å². The molecule has 0 saturated carbocycles. The van der Waals surface area contributed by atoms with E-state index in [4.69, 9.17) is 0 Å². The summed E-state index contributed by atoms with van der Waals surface area (Å²) >= 11 is 1.90. The van der Waals surface area contributed by atoms with Crippen LogP contribution in [0.4, 0.5) is 4.79 Å². The summed E-state index contributed by atoms with van der Waals surface area (Å²) in [7, 11) is 0. The molecule has 2 aliphatic rings. The topological polar surface area (TPSA) is 52.7 Å². The molecule has 2 aliphatic heterocycles. The van der Waals surface area contributed by atoms with Crippen molar-refractivity contribution in [3.8, 4) is 0 Å². The molecular formula is C20H29N3O2S. The first-order valence-corrected chi connectivity index (χ1v) is 10.5. The van der Waals surface area contributed by atoms with Gasteiger partial charge in [0.2, 0.25) is 5.91 Å². The number of nitrogens with one attached hydrogen (secondary N) is 1. The lowest BCUT2D eigenvalue weighted by Crippen LogP contribution is -2.55. The van der Waals surface area contributed by atoms with E-state index < -0.39 is 0 Å². The zero-order chi connectivity index (χ0) is 18.6. The molecule has 1 aromatic rings. The van der Waals surface area contributed by atoms with Crippen LogP contribution in [-0.2, 0) is 11.3 Å². The summed E-state index contributed by atoms with van der Waals surface area (Å²) in [4.78, 5) is 29.0. The average molecular weight is 376 g/mol. The number of hydrogen-bond donors (Lipinski definition) is 1. The van der Waals surface area contributed by atoms with Crippen molar-refractivity contribution >= 4 is 23.7 Å². The molecule has 0 unspecified atom stereocenters. The number of likely N-dealkylation sites (tertiary alicyclic amines) is 1. The van der Waals surface area contributed by atoms with E-state index >= 15 is 0 Å². The zero-order valence-corrected chi connectivity index (χ0v) is 16.6. The lowest BCUT2D eigenvalue weighted by molar-refractivity contribution is -0.135. The summed E-state index contributed by atoms with van der Waals surface area (Å²) in [5.74, 6) is 1.66. The van der Waals surface area contributed by atoms with Gasteiger partial charge < -0.3 is 15.1 Å². The first-order chi connectivity index (χ1) is 12.5. The largest absolute Gasteiger partial charge is 0.334 e. The van der Waals surface area contributed by atoms with E-state index in [-0.39, 0.29) is 16.8 Å². The van der Waals surface area contributed by atoms with Crippen molar-refractivity contribution in [2.45, 2.75) is 44.5 Å². The Morgan fingerprint density at radius 3 is 2.50 bits per heavy atom. The third-order valence-electron chi connectivity index (χ3n) is 5.18. The molecule has 1 aromatic carbocycles. The second-order valence-electron chi connectivity index (χ2n) is 7.57. The van der Waals surface area contributed by atoms with Crippen LogP contribution >= 0.6 is 11.8 Å². The molecule has 2 heterocycles. The van der Waals surface area contributed by atoms with Crippen molar-refractivity contribution in [1.82, 2.24) is 15.1 Å². The summed E-state index contributed by atoms with van der Waals surface area (Å²) in [5, 5.41) is 3.01. The second kappa shape index (κ2) is 8.33. The van der Waals surface area contributed by atoms with Crippen molar-refractivity contribution in [2.24, 2.45) is 5.92 Å². The quantitative estimate of drug-likeness (QED) is 0.878. The molecule has 5 nitrogen and oxygen atoms in total. The number of urea groups is 1. The monoisotopic (exact) mass is 375 g/mol. The fraction of sp³-hybridized carbons (Fsp3) is 0.600. The maximum atomic E-state index is 12.6. The highest BCUT2D eigenvalue weighted by Crippen LogP contribution is 2.44. The molecule has 0 aromatic heterocycles. The number of nitrogens with zero attached hydrogens (tertiary/aromatic N) is 2. The smallest absolute Gasteiger partial charge is 0.317 e. The minimum atomic E-state index is -0.0951. The van der Waals surface area contributed by atoms with E-state index in [1.807, 2.05) is 47.0 Å². The number of carbonyl (C=O) groups excluding carboxylic acids is 2. The number of hydrogen-bond acceptors (Lipinski definition) is 3. The third-order valence-corrected chi connectivity index (χ3v) is 6.73. The Bertz CT molecular complexity index is 627. The van der Waals surface area contributed by atoms with E-state index in [0.29, 0.717) is 32.0 Å². The minimum absolute atomic E-state index is 0.00763. The van der Waals surface area contributed by atoms with Gasteiger partial charge in [-0.15, -0.1) is 11.8 Å². The van der Waals surface area contributed by atoms with Crippen LogP contribution in [0, 0.1) is 5.92 Å². The summed E-state index contributed by atoms with van der Waals surface area (Å²) < 4.78 is 0. The molecule has 3 amide bonds. The average Bonchev–Trinajstić information content (AvgIpc) is 3.04. The molecule has 0 atom stereocenters. The molecule has 0 bridgehead atoms. The molecule has 0 radical (unpaired) electrons. The maximum Gasteiger partial charge on any atom is 0.317 e. The van der Waals surface area contributed by atoms with Crippen molar-refractivity contribution in [2.75, 3.05) is 25.4 Å². The van der Waals surface area contributed by atoms with Crippen LogP contribution in [0.3, 0.4) is 0 Å².